The topological polar surface area (TPSA) is 41.1 Å². The average Bonchev–Trinajstić information content (AvgIpc) is 2.67. The fraction of sp³-hybridized carbons (Fsp3) is 0.174. The van der Waals surface area contributed by atoms with Gasteiger partial charge in [0.15, 0.2) is 0 Å². The minimum atomic E-state index is -0.170. The van der Waals surface area contributed by atoms with Gasteiger partial charge in [-0.25, -0.2) is 4.79 Å². The van der Waals surface area contributed by atoms with Crippen LogP contribution in [0.15, 0.2) is 84.9 Å². The number of hydrogen-bond donors (Lipinski definition) is 2. The number of hydrogen-bond acceptors (Lipinski definition) is 1. The van der Waals surface area contributed by atoms with Gasteiger partial charge in [-0.1, -0.05) is 90.5 Å². The zero-order valence-corrected chi connectivity index (χ0v) is 15.0. The quantitative estimate of drug-likeness (QED) is 0.673. The lowest BCUT2D eigenvalue weighted by Crippen LogP contribution is -2.39. The lowest BCUT2D eigenvalue weighted by molar-refractivity contribution is 0.239. The van der Waals surface area contributed by atoms with Crippen molar-refractivity contribution in [2.45, 2.75) is 19.4 Å². The number of aryl methyl sites for hydroxylation is 1. The molecule has 0 fully saturated rings. The molecule has 0 atom stereocenters. The summed E-state index contributed by atoms with van der Waals surface area (Å²) in [5, 5.41) is 6.07. The van der Waals surface area contributed by atoms with E-state index in [9.17, 15) is 4.79 Å². The highest BCUT2D eigenvalue weighted by Gasteiger charge is 2.16. The maximum absolute atomic E-state index is 12.4. The Morgan fingerprint density at radius 3 is 2.04 bits per heavy atom. The van der Waals surface area contributed by atoms with Gasteiger partial charge in [0.25, 0.3) is 0 Å². The Morgan fingerprint density at radius 2 is 1.46 bits per heavy atom. The van der Waals surface area contributed by atoms with E-state index in [1.807, 2.05) is 66.7 Å². The highest BCUT2D eigenvalue weighted by Crippen LogP contribution is 2.21. The number of nitrogens with one attached hydrogen (secondary N) is 2. The van der Waals surface area contributed by atoms with Crippen LogP contribution in [0.2, 0.25) is 0 Å². The second kappa shape index (κ2) is 8.86. The summed E-state index contributed by atoms with van der Waals surface area (Å²) >= 11 is 0. The van der Waals surface area contributed by atoms with E-state index < -0.39 is 0 Å². The van der Waals surface area contributed by atoms with Crippen LogP contribution in [0, 0.1) is 6.92 Å². The molecule has 0 heterocycles. The maximum Gasteiger partial charge on any atom is 0.315 e. The molecule has 0 aromatic heterocycles. The van der Waals surface area contributed by atoms with E-state index in [-0.39, 0.29) is 12.1 Å². The fourth-order valence-corrected chi connectivity index (χ4v) is 3.02. The number of amides is 2. The van der Waals surface area contributed by atoms with Crippen molar-refractivity contribution in [3.63, 3.8) is 0 Å². The van der Waals surface area contributed by atoms with Gasteiger partial charge in [0.1, 0.15) is 0 Å². The van der Waals surface area contributed by atoms with Crippen molar-refractivity contribution in [2.75, 3.05) is 6.54 Å². The smallest absolute Gasteiger partial charge is 0.315 e. The van der Waals surface area contributed by atoms with Gasteiger partial charge in [-0.05, 0) is 30.0 Å². The first-order chi connectivity index (χ1) is 12.7. The Balaban J connectivity index is 1.62. The number of carbonyl (C=O) groups is 1. The molecule has 0 aliphatic heterocycles. The number of benzene rings is 3. The monoisotopic (exact) mass is 344 g/mol. The van der Waals surface area contributed by atoms with Crippen LogP contribution in [0.25, 0.3) is 0 Å². The van der Waals surface area contributed by atoms with E-state index >= 15 is 0 Å². The van der Waals surface area contributed by atoms with Gasteiger partial charge in [0.2, 0.25) is 0 Å². The molecule has 3 rings (SSSR count). The third-order valence-electron chi connectivity index (χ3n) is 4.32. The van der Waals surface area contributed by atoms with Crippen LogP contribution in [-0.2, 0) is 6.42 Å². The summed E-state index contributed by atoms with van der Waals surface area (Å²) in [4.78, 5) is 12.4. The number of carbonyl (C=O) groups excluding carboxylic acids is 1. The van der Waals surface area contributed by atoms with E-state index in [0.717, 1.165) is 17.5 Å². The van der Waals surface area contributed by atoms with Crippen molar-refractivity contribution in [2.24, 2.45) is 0 Å². The van der Waals surface area contributed by atoms with E-state index in [2.05, 4.69) is 35.8 Å². The Bertz CT molecular complexity index is 792. The highest BCUT2D eigenvalue weighted by molar-refractivity contribution is 5.75. The molecule has 0 spiro atoms. The van der Waals surface area contributed by atoms with Crippen molar-refractivity contribution in [3.05, 3.63) is 107 Å². The fourth-order valence-electron chi connectivity index (χ4n) is 3.02. The van der Waals surface area contributed by atoms with Crippen molar-refractivity contribution < 1.29 is 4.79 Å². The molecule has 26 heavy (non-hydrogen) atoms. The maximum atomic E-state index is 12.4. The summed E-state index contributed by atoms with van der Waals surface area (Å²) in [5.74, 6) is 0. The van der Waals surface area contributed by atoms with E-state index in [4.69, 9.17) is 0 Å². The zero-order valence-electron chi connectivity index (χ0n) is 15.0. The molecule has 3 aromatic rings. The van der Waals surface area contributed by atoms with Crippen molar-refractivity contribution >= 4 is 6.03 Å². The van der Waals surface area contributed by atoms with Crippen molar-refractivity contribution in [1.82, 2.24) is 10.6 Å². The second-order valence-corrected chi connectivity index (χ2v) is 6.39. The summed E-state index contributed by atoms with van der Waals surface area (Å²) in [6.45, 7) is 2.68. The lowest BCUT2D eigenvalue weighted by Gasteiger charge is -2.20. The number of urea groups is 1. The molecule has 2 amide bonds. The van der Waals surface area contributed by atoms with Gasteiger partial charge in [0, 0.05) is 6.54 Å². The lowest BCUT2D eigenvalue weighted by atomic mass is 9.99. The van der Waals surface area contributed by atoms with E-state index in [0.29, 0.717) is 6.54 Å². The molecule has 3 aromatic carbocycles. The average molecular weight is 344 g/mol. The first-order valence-corrected chi connectivity index (χ1v) is 8.92. The summed E-state index contributed by atoms with van der Waals surface area (Å²) in [7, 11) is 0. The molecule has 0 aliphatic carbocycles. The zero-order chi connectivity index (χ0) is 18.2. The van der Waals surface area contributed by atoms with E-state index in [1.54, 1.807) is 0 Å². The van der Waals surface area contributed by atoms with Gasteiger partial charge in [-0.2, -0.15) is 0 Å². The molecule has 0 unspecified atom stereocenters. The van der Waals surface area contributed by atoms with Crippen LogP contribution in [0.5, 0.6) is 0 Å². The SMILES string of the molecule is Cc1cccc(CCNC(=O)NC(c2ccccc2)c2ccccc2)c1. The Kier molecular flexibility index (Phi) is 6.05. The Hall–Kier alpha value is -3.07. The standard InChI is InChI=1S/C23H24N2O/c1-18-9-8-10-19(17-18)15-16-24-23(26)25-22(20-11-4-2-5-12-20)21-13-6-3-7-14-21/h2-14,17,22H,15-16H2,1H3,(H2,24,25,26). The Morgan fingerprint density at radius 1 is 0.846 bits per heavy atom. The Labute approximate surface area is 155 Å². The minimum Gasteiger partial charge on any atom is -0.338 e. The van der Waals surface area contributed by atoms with Crippen LogP contribution in [0.1, 0.15) is 28.3 Å². The predicted molar refractivity (Wildman–Crippen MR) is 106 cm³/mol. The normalized spacial score (nSPS) is 10.5. The third kappa shape index (κ3) is 4.96. The molecule has 0 saturated heterocycles. The van der Waals surface area contributed by atoms with Crippen molar-refractivity contribution in [1.29, 1.82) is 0 Å². The largest absolute Gasteiger partial charge is 0.338 e. The number of rotatable bonds is 6. The second-order valence-electron chi connectivity index (χ2n) is 6.39. The van der Waals surface area contributed by atoms with Crippen LogP contribution in [-0.4, -0.2) is 12.6 Å². The summed E-state index contributed by atoms with van der Waals surface area (Å²) in [6, 6.07) is 28.1. The van der Waals surface area contributed by atoms with Gasteiger partial charge in [-0.15, -0.1) is 0 Å². The van der Waals surface area contributed by atoms with Crippen LogP contribution >= 0.6 is 0 Å². The molecular weight excluding hydrogens is 320 g/mol. The van der Waals surface area contributed by atoms with Gasteiger partial charge in [-0.3, -0.25) is 0 Å². The molecule has 0 bridgehead atoms. The summed E-state index contributed by atoms with van der Waals surface area (Å²) < 4.78 is 0. The van der Waals surface area contributed by atoms with Crippen LogP contribution in [0.4, 0.5) is 4.79 Å². The molecule has 2 N–H and O–H groups in total. The van der Waals surface area contributed by atoms with Gasteiger partial charge in [0.05, 0.1) is 6.04 Å². The summed E-state index contributed by atoms with van der Waals surface area (Å²) in [5.41, 5.74) is 4.59. The minimum absolute atomic E-state index is 0.157. The van der Waals surface area contributed by atoms with Crippen LogP contribution in [0.3, 0.4) is 0 Å². The first kappa shape index (κ1) is 17.7. The van der Waals surface area contributed by atoms with Gasteiger partial charge < -0.3 is 10.6 Å². The first-order valence-electron chi connectivity index (χ1n) is 8.92. The van der Waals surface area contributed by atoms with E-state index in [1.165, 1.54) is 11.1 Å². The molecule has 0 aliphatic rings. The van der Waals surface area contributed by atoms with Crippen molar-refractivity contribution in [3.8, 4) is 0 Å². The van der Waals surface area contributed by atoms with Crippen LogP contribution < -0.4 is 10.6 Å². The third-order valence-corrected chi connectivity index (χ3v) is 4.32. The molecule has 0 radical (unpaired) electrons. The predicted octanol–water partition coefficient (Wildman–Crippen LogP) is 4.63. The highest BCUT2D eigenvalue weighted by atomic mass is 16.2. The van der Waals surface area contributed by atoms with Gasteiger partial charge >= 0.3 is 6.03 Å². The molecule has 3 heteroatoms. The molecule has 0 saturated carbocycles. The summed E-state index contributed by atoms with van der Waals surface area (Å²) in [6.07, 6.45) is 0.816. The molecule has 132 valence electrons. The molecule has 3 nitrogen and oxygen atoms in total. The molecular formula is C23H24N2O.